The molecule has 0 heterocycles. The van der Waals surface area contributed by atoms with Crippen LogP contribution in [0.2, 0.25) is 0 Å². The second-order valence-corrected chi connectivity index (χ2v) is 5.87. The van der Waals surface area contributed by atoms with E-state index in [9.17, 15) is 4.39 Å². The van der Waals surface area contributed by atoms with E-state index in [2.05, 4.69) is 45.6 Å². The lowest BCUT2D eigenvalue weighted by Gasteiger charge is -2.36. The number of fused-ring (bicyclic) bond motifs is 1. The quantitative estimate of drug-likeness (QED) is 0.634. The fraction of sp³-hybridized carbons (Fsp3) is 0.474. The van der Waals surface area contributed by atoms with Crippen LogP contribution in [0.15, 0.2) is 30.9 Å². The van der Waals surface area contributed by atoms with E-state index in [0.29, 0.717) is 0 Å². The van der Waals surface area contributed by atoms with Gasteiger partial charge in [0.15, 0.2) is 0 Å². The zero-order valence-electron chi connectivity index (χ0n) is 12.9. The molecule has 1 heteroatoms. The van der Waals surface area contributed by atoms with Gasteiger partial charge in [-0.2, -0.15) is 0 Å². The highest BCUT2D eigenvalue weighted by atomic mass is 19.1. The molecule has 0 bridgehead atoms. The molecule has 0 aliphatic heterocycles. The van der Waals surface area contributed by atoms with Gasteiger partial charge >= 0.3 is 0 Å². The van der Waals surface area contributed by atoms with Crippen molar-refractivity contribution in [2.75, 3.05) is 0 Å². The summed E-state index contributed by atoms with van der Waals surface area (Å²) in [7, 11) is 0. The second kappa shape index (κ2) is 5.95. The maximum absolute atomic E-state index is 14.8. The van der Waals surface area contributed by atoms with Crippen molar-refractivity contribution in [3.63, 3.8) is 0 Å². The molecule has 0 amide bonds. The Morgan fingerprint density at radius 3 is 2.30 bits per heavy atom. The van der Waals surface area contributed by atoms with Gasteiger partial charge in [-0.15, -0.1) is 0 Å². The average molecular weight is 272 g/mol. The van der Waals surface area contributed by atoms with E-state index in [4.69, 9.17) is 0 Å². The Morgan fingerprint density at radius 1 is 1.10 bits per heavy atom. The Bertz CT molecular complexity index is 531. The molecule has 1 aliphatic rings. The fourth-order valence-corrected chi connectivity index (χ4v) is 3.49. The molecular weight excluding hydrogens is 247 g/mol. The van der Waals surface area contributed by atoms with Crippen LogP contribution in [0.4, 0.5) is 4.39 Å². The van der Waals surface area contributed by atoms with Crippen LogP contribution in [0.3, 0.4) is 0 Å². The van der Waals surface area contributed by atoms with Gasteiger partial charge < -0.3 is 0 Å². The predicted octanol–water partition coefficient (Wildman–Crippen LogP) is 5.81. The van der Waals surface area contributed by atoms with Crippen molar-refractivity contribution in [1.29, 1.82) is 0 Å². The third-order valence-electron chi connectivity index (χ3n) is 4.40. The topological polar surface area (TPSA) is 0 Å². The summed E-state index contributed by atoms with van der Waals surface area (Å²) >= 11 is 0. The molecule has 0 saturated carbocycles. The van der Waals surface area contributed by atoms with Gasteiger partial charge in [0.25, 0.3) is 0 Å². The van der Waals surface area contributed by atoms with Crippen LogP contribution in [-0.4, -0.2) is 0 Å². The van der Waals surface area contributed by atoms with Crippen LogP contribution in [0.1, 0.15) is 63.1 Å². The zero-order valence-corrected chi connectivity index (χ0v) is 12.9. The van der Waals surface area contributed by atoms with Gasteiger partial charge in [-0.05, 0) is 42.0 Å². The highest BCUT2D eigenvalue weighted by Crippen LogP contribution is 2.45. The first-order valence-corrected chi connectivity index (χ1v) is 7.79. The van der Waals surface area contributed by atoms with Gasteiger partial charge in [-0.3, -0.25) is 0 Å². The van der Waals surface area contributed by atoms with E-state index in [1.807, 2.05) is 0 Å². The van der Waals surface area contributed by atoms with Crippen LogP contribution in [0, 0.1) is 5.82 Å². The summed E-state index contributed by atoms with van der Waals surface area (Å²) in [6, 6.07) is 3.84. The molecule has 1 aromatic carbocycles. The Morgan fingerprint density at radius 2 is 1.75 bits per heavy atom. The van der Waals surface area contributed by atoms with Crippen molar-refractivity contribution in [1.82, 2.24) is 0 Å². The third-order valence-corrected chi connectivity index (χ3v) is 4.40. The summed E-state index contributed by atoms with van der Waals surface area (Å²) in [5, 5.41) is 0. The van der Waals surface area contributed by atoms with Gasteiger partial charge in [0.1, 0.15) is 5.82 Å². The molecular formula is C19H25F. The first-order valence-electron chi connectivity index (χ1n) is 7.79. The smallest absolute Gasteiger partial charge is 0.128 e. The Kier molecular flexibility index (Phi) is 4.47. The summed E-state index contributed by atoms with van der Waals surface area (Å²) < 4.78 is 14.8. The number of hydrogen-bond acceptors (Lipinski definition) is 0. The molecule has 0 radical (unpaired) electrons. The maximum Gasteiger partial charge on any atom is 0.128 e. The second-order valence-electron chi connectivity index (χ2n) is 5.87. The standard InChI is InChI=1S/C19H25F/c1-5-9-19(10-6-2)11-8-14(4)16-12-15(7-3)13-17(20)18(16)19/h8,11-13H,4-7,9-10H2,1-3H3. The SMILES string of the molecule is C=C1C=CC(CCC)(CCC)c2c(F)cc(CC)cc21. The van der Waals surface area contributed by atoms with E-state index >= 15 is 0 Å². The summed E-state index contributed by atoms with van der Waals surface area (Å²) in [5.74, 6) is -0.0493. The van der Waals surface area contributed by atoms with Crippen LogP contribution in [0.5, 0.6) is 0 Å². The van der Waals surface area contributed by atoms with E-state index < -0.39 is 0 Å². The lowest BCUT2D eigenvalue weighted by atomic mass is 9.67. The first kappa shape index (κ1) is 15.0. The third kappa shape index (κ3) is 2.46. The molecule has 1 aliphatic carbocycles. The van der Waals surface area contributed by atoms with Crippen molar-refractivity contribution in [3.8, 4) is 0 Å². The summed E-state index contributed by atoms with van der Waals surface area (Å²) in [4.78, 5) is 0. The van der Waals surface area contributed by atoms with E-state index in [1.165, 1.54) is 0 Å². The molecule has 0 spiro atoms. The number of benzene rings is 1. The molecule has 1 aromatic rings. The zero-order chi connectivity index (χ0) is 14.8. The van der Waals surface area contributed by atoms with Gasteiger partial charge in [-0.1, -0.05) is 58.4 Å². The minimum Gasteiger partial charge on any atom is -0.207 e. The number of aryl methyl sites for hydroxylation is 1. The largest absolute Gasteiger partial charge is 0.207 e. The van der Waals surface area contributed by atoms with Crippen LogP contribution in [-0.2, 0) is 11.8 Å². The van der Waals surface area contributed by atoms with Gasteiger partial charge in [0.2, 0.25) is 0 Å². The number of rotatable bonds is 5. The average Bonchev–Trinajstić information content (AvgIpc) is 2.43. The Balaban J connectivity index is 2.66. The number of allylic oxidation sites excluding steroid dienone is 3. The molecule has 0 atom stereocenters. The normalized spacial score (nSPS) is 16.3. The molecule has 0 saturated heterocycles. The number of hydrogen-bond donors (Lipinski definition) is 0. The minimum atomic E-state index is -0.142. The molecule has 0 aromatic heterocycles. The highest BCUT2D eigenvalue weighted by molar-refractivity contribution is 5.79. The Labute approximate surface area is 122 Å². The predicted molar refractivity (Wildman–Crippen MR) is 85.4 cm³/mol. The molecule has 108 valence electrons. The van der Waals surface area contributed by atoms with Crippen molar-refractivity contribution in [3.05, 3.63) is 53.4 Å². The van der Waals surface area contributed by atoms with Crippen LogP contribution < -0.4 is 0 Å². The monoisotopic (exact) mass is 272 g/mol. The van der Waals surface area contributed by atoms with Crippen molar-refractivity contribution < 1.29 is 4.39 Å². The summed E-state index contributed by atoms with van der Waals surface area (Å²) in [5.41, 5.74) is 3.75. The lowest BCUT2D eigenvalue weighted by molar-refractivity contribution is 0.417. The molecule has 0 unspecified atom stereocenters. The van der Waals surface area contributed by atoms with Crippen molar-refractivity contribution in [2.24, 2.45) is 0 Å². The molecule has 0 fully saturated rings. The maximum atomic E-state index is 14.8. The van der Waals surface area contributed by atoms with Crippen LogP contribution >= 0.6 is 0 Å². The Hall–Kier alpha value is -1.37. The van der Waals surface area contributed by atoms with Gasteiger partial charge in [0, 0.05) is 11.0 Å². The van der Waals surface area contributed by atoms with Gasteiger partial charge in [0.05, 0.1) is 0 Å². The van der Waals surface area contributed by atoms with E-state index in [0.717, 1.165) is 54.4 Å². The first-order chi connectivity index (χ1) is 9.57. The molecule has 0 N–H and O–H groups in total. The summed E-state index contributed by atoms with van der Waals surface area (Å²) in [6.45, 7) is 10.5. The van der Waals surface area contributed by atoms with E-state index in [1.54, 1.807) is 6.07 Å². The van der Waals surface area contributed by atoms with E-state index in [-0.39, 0.29) is 11.2 Å². The minimum absolute atomic E-state index is 0.0493. The summed E-state index contributed by atoms with van der Waals surface area (Å²) in [6.07, 6.45) is 9.26. The van der Waals surface area contributed by atoms with Crippen LogP contribution in [0.25, 0.3) is 5.57 Å². The number of halogens is 1. The molecule has 20 heavy (non-hydrogen) atoms. The van der Waals surface area contributed by atoms with Gasteiger partial charge in [-0.25, -0.2) is 4.39 Å². The fourth-order valence-electron chi connectivity index (χ4n) is 3.49. The lowest BCUT2D eigenvalue weighted by Crippen LogP contribution is -2.28. The molecule has 2 rings (SSSR count). The van der Waals surface area contributed by atoms with Crippen molar-refractivity contribution in [2.45, 2.75) is 58.3 Å². The van der Waals surface area contributed by atoms with Crippen molar-refractivity contribution >= 4 is 5.57 Å². The molecule has 0 nitrogen and oxygen atoms in total. The highest BCUT2D eigenvalue weighted by Gasteiger charge is 2.35.